The van der Waals surface area contributed by atoms with Crippen molar-refractivity contribution in [2.24, 2.45) is 5.41 Å². The largest absolute Gasteiger partial charge is 0.337 e. The predicted molar refractivity (Wildman–Crippen MR) is 120 cm³/mol. The van der Waals surface area contributed by atoms with Crippen molar-refractivity contribution in [2.45, 2.75) is 52.4 Å². The second-order valence-electron chi connectivity index (χ2n) is 8.75. The van der Waals surface area contributed by atoms with E-state index in [4.69, 9.17) is 0 Å². The Labute approximate surface area is 186 Å². The van der Waals surface area contributed by atoms with E-state index < -0.39 is 5.92 Å². The van der Waals surface area contributed by atoms with E-state index in [-0.39, 0.29) is 22.9 Å². The molecule has 1 amide bonds. The molecule has 1 saturated carbocycles. The molecule has 1 saturated heterocycles. The van der Waals surface area contributed by atoms with E-state index in [1.807, 2.05) is 26.0 Å². The Morgan fingerprint density at radius 2 is 1.74 bits per heavy atom. The number of amides is 1. The monoisotopic (exact) mass is 434 g/mol. The highest BCUT2D eigenvalue weighted by molar-refractivity contribution is 7.11. The first kappa shape index (κ1) is 21.5. The molecule has 1 aliphatic carbocycles. The maximum absolute atomic E-state index is 13.3. The summed E-state index contributed by atoms with van der Waals surface area (Å²) < 4.78 is 0. The van der Waals surface area contributed by atoms with Gasteiger partial charge in [-0.15, -0.1) is 17.3 Å². The molecule has 2 aromatic rings. The number of ketones is 2. The fraction of sp³-hybridized carbons (Fsp3) is 0.440. The lowest BCUT2D eigenvalue weighted by atomic mass is 9.62. The van der Waals surface area contributed by atoms with Gasteiger partial charge < -0.3 is 4.90 Å². The van der Waals surface area contributed by atoms with Gasteiger partial charge in [-0.2, -0.15) is 0 Å². The van der Waals surface area contributed by atoms with Crippen LogP contribution in [0.4, 0.5) is 0 Å². The molecule has 160 valence electrons. The molecule has 0 unspecified atom stereocenters. The molecule has 6 heteroatoms. The Morgan fingerprint density at radius 1 is 1.13 bits per heavy atom. The molecule has 0 bridgehead atoms. The first-order chi connectivity index (χ1) is 14.8. The second-order valence-corrected chi connectivity index (χ2v) is 9.64. The van der Waals surface area contributed by atoms with Gasteiger partial charge in [-0.3, -0.25) is 14.4 Å². The van der Waals surface area contributed by atoms with Crippen LogP contribution in [0.3, 0.4) is 0 Å². The number of Topliss-reactive ketones (excluding diaryl/α,β-unsaturated/α-hetero) is 2. The fourth-order valence-corrected chi connectivity index (χ4v) is 5.76. The third kappa shape index (κ3) is 4.07. The molecule has 0 radical (unpaired) electrons. The van der Waals surface area contributed by atoms with Crippen LogP contribution in [0, 0.1) is 31.1 Å². The molecular weight excluding hydrogens is 408 g/mol. The van der Waals surface area contributed by atoms with Crippen LogP contribution in [0.2, 0.25) is 0 Å². The van der Waals surface area contributed by atoms with Crippen molar-refractivity contribution >= 4 is 28.8 Å². The van der Waals surface area contributed by atoms with Gasteiger partial charge in [0.25, 0.3) is 5.91 Å². The molecule has 2 heterocycles. The van der Waals surface area contributed by atoms with Crippen molar-refractivity contribution in [2.75, 3.05) is 13.1 Å². The van der Waals surface area contributed by atoms with Crippen molar-refractivity contribution in [1.82, 2.24) is 9.88 Å². The van der Waals surface area contributed by atoms with Crippen molar-refractivity contribution in [3.05, 3.63) is 51.0 Å². The van der Waals surface area contributed by atoms with E-state index in [0.29, 0.717) is 43.8 Å². The normalized spacial score (nSPS) is 18.7. The number of thiazole rings is 1. The zero-order chi connectivity index (χ0) is 22.2. The van der Waals surface area contributed by atoms with E-state index in [9.17, 15) is 14.4 Å². The smallest absolute Gasteiger partial charge is 0.282 e. The summed E-state index contributed by atoms with van der Waals surface area (Å²) in [4.78, 5) is 45.0. The number of carbonyl (C=O) groups is 3. The first-order valence-electron chi connectivity index (χ1n) is 10.6. The minimum Gasteiger partial charge on any atom is -0.337 e. The van der Waals surface area contributed by atoms with Gasteiger partial charge in [0.2, 0.25) is 0 Å². The van der Waals surface area contributed by atoms with Gasteiger partial charge in [0.1, 0.15) is 17.5 Å². The SMILES string of the molecule is CC#Cc1cc(C)c(C2C(=O)CC3(CCN(C(=O)c4nccs4)CC3)CC2=O)c(C)c1. The van der Waals surface area contributed by atoms with Crippen LogP contribution in [-0.4, -0.2) is 40.4 Å². The average molecular weight is 435 g/mol. The highest BCUT2D eigenvalue weighted by Gasteiger charge is 2.48. The molecule has 1 spiro atoms. The average Bonchev–Trinajstić information content (AvgIpc) is 3.25. The second kappa shape index (κ2) is 8.39. The number of hydrogen-bond donors (Lipinski definition) is 0. The van der Waals surface area contributed by atoms with Crippen LogP contribution in [-0.2, 0) is 9.59 Å². The van der Waals surface area contributed by atoms with Gasteiger partial charge in [0.05, 0.1) is 0 Å². The summed E-state index contributed by atoms with van der Waals surface area (Å²) in [6.07, 6.45) is 3.79. The first-order valence-corrected chi connectivity index (χ1v) is 11.5. The summed E-state index contributed by atoms with van der Waals surface area (Å²) in [5.41, 5.74) is 3.34. The van der Waals surface area contributed by atoms with Crippen molar-refractivity contribution in [3.63, 3.8) is 0 Å². The number of rotatable bonds is 2. The third-order valence-corrected chi connectivity index (χ3v) is 7.38. The van der Waals surface area contributed by atoms with Gasteiger partial charge in [-0.1, -0.05) is 5.92 Å². The maximum atomic E-state index is 13.3. The Kier molecular flexibility index (Phi) is 5.81. The maximum Gasteiger partial charge on any atom is 0.282 e. The lowest BCUT2D eigenvalue weighted by molar-refractivity contribution is -0.138. The van der Waals surface area contributed by atoms with Crippen LogP contribution in [0.25, 0.3) is 0 Å². The lowest BCUT2D eigenvalue weighted by Gasteiger charge is -2.44. The number of benzene rings is 1. The van der Waals surface area contributed by atoms with Crippen LogP contribution in [0.5, 0.6) is 0 Å². The zero-order valence-corrected chi connectivity index (χ0v) is 19.0. The number of carbonyl (C=O) groups excluding carboxylic acids is 3. The predicted octanol–water partition coefficient (Wildman–Crippen LogP) is 4.07. The van der Waals surface area contributed by atoms with Crippen LogP contribution in [0.15, 0.2) is 23.7 Å². The van der Waals surface area contributed by atoms with Crippen molar-refractivity contribution in [3.8, 4) is 11.8 Å². The summed E-state index contributed by atoms with van der Waals surface area (Å²) in [5, 5.41) is 2.29. The molecule has 31 heavy (non-hydrogen) atoms. The third-order valence-electron chi connectivity index (χ3n) is 6.62. The van der Waals surface area contributed by atoms with Gasteiger partial charge >= 0.3 is 0 Å². The van der Waals surface area contributed by atoms with E-state index in [0.717, 1.165) is 22.3 Å². The summed E-state index contributed by atoms with van der Waals surface area (Å²) >= 11 is 1.34. The zero-order valence-electron chi connectivity index (χ0n) is 18.2. The van der Waals surface area contributed by atoms with Crippen LogP contribution in [0.1, 0.15) is 70.6 Å². The van der Waals surface area contributed by atoms with Gasteiger partial charge in [-0.05, 0) is 67.9 Å². The highest BCUT2D eigenvalue weighted by Crippen LogP contribution is 2.46. The highest BCUT2D eigenvalue weighted by atomic mass is 32.1. The lowest BCUT2D eigenvalue weighted by Crippen LogP contribution is -2.48. The number of piperidine rings is 1. The molecule has 1 aromatic heterocycles. The van der Waals surface area contributed by atoms with Gasteiger partial charge in [0.15, 0.2) is 5.01 Å². The van der Waals surface area contributed by atoms with Gasteiger partial charge in [0, 0.05) is 43.1 Å². The molecule has 5 nitrogen and oxygen atoms in total. The number of nitrogens with zero attached hydrogens (tertiary/aromatic N) is 2. The fourth-order valence-electron chi connectivity index (χ4n) is 5.16. The van der Waals surface area contributed by atoms with E-state index in [1.165, 1.54) is 11.3 Å². The summed E-state index contributed by atoms with van der Waals surface area (Å²) in [6, 6.07) is 3.93. The van der Waals surface area contributed by atoms with E-state index in [1.54, 1.807) is 23.4 Å². The molecule has 2 fully saturated rings. The molecule has 0 N–H and O–H groups in total. The van der Waals surface area contributed by atoms with E-state index >= 15 is 0 Å². The summed E-state index contributed by atoms with van der Waals surface area (Å²) in [5.74, 6) is 5.24. The summed E-state index contributed by atoms with van der Waals surface area (Å²) in [6.45, 7) is 6.83. The van der Waals surface area contributed by atoms with E-state index in [2.05, 4.69) is 16.8 Å². The Balaban J connectivity index is 1.50. The minimum absolute atomic E-state index is 0.0106. The Hall–Kier alpha value is -2.78. The minimum atomic E-state index is -0.677. The topological polar surface area (TPSA) is 67.3 Å². The number of likely N-dealkylation sites (tertiary alicyclic amines) is 1. The van der Waals surface area contributed by atoms with Crippen molar-refractivity contribution < 1.29 is 14.4 Å². The number of aromatic nitrogens is 1. The quantitative estimate of drug-likeness (QED) is 0.528. The molecule has 1 aromatic carbocycles. The Morgan fingerprint density at radius 3 is 2.26 bits per heavy atom. The molecule has 4 rings (SSSR count). The Bertz CT molecular complexity index is 1060. The van der Waals surface area contributed by atoms with Crippen LogP contribution < -0.4 is 0 Å². The number of hydrogen-bond acceptors (Lipinski definition) is 5. The number of aryl methyl sites for hydroxylation is 2. The molecule has 2 aliphatic rings. The van der Waals surface area contributed by atoms with Gasteiger partial charge in [-0.25, -0.2) is 4.98 Å². The van der Waals surface area contributed by atoms with Crippen molar-refractivity contribution in [1.29, 1.82) is 0 Å². The standard InChI is InChI=1S/C25H26N2O3S/c1-4-5-18-12-16(2)21(17(3)13-18)22-19(28)14-25(15-20(22)29)6-9-27(10-7-25)24(30)23-26-8-11-31-23/h8,11-13,22H,6-7,9-10,14-15H2,1-3H3. The molecule has 0 atom stereocenters. The molecular formula is C25H26N2O3S. The molecule has 1 aliphatic heterocycles. The van der Waals surface area contributed by atoms with Crippen LogP contribution >= 0.6 is 11.3 Å². The summed E-state index contributed by atoms with van der Waals surface area (Å²) in [7, 11) is 0.